The molecule has 0 spiro atoms. The number of rotatable bonds is 9. The van der Waals surface area contributed by atoms with Gasteiger partial charge in [-0.25, -0.2) is 4.99 Å². The molecule has 9 nitrogen and oxygen atoms in total. The molecule has 2 aromatic rings. The van der Waals surface area contributed by atoms with E-state index in [1.165, 1.54) is 27.4 Å². The minimum atomic E-state index is -0.348. The molecular weight excluding hydrogens is 485 g/mol. The molecule has 10 heteroatoms. The number of aliphatic imine (C=N–C) groups is 1. The summed E-state index contributed by atoms with van der Waals surface area (Å²) in [5, 5.41) is 0. The number of ether oxygens (including phenoxy) is 3. The maximum atomic E-state index is 12.1. The number of benzene rings is 1. The van der Waals surface area contributed by atoms with Crippen molar-refractivity contribution in [2.45, 2.75) is 12.8 Å². The van der Waals surface area contributed by atoms with Gasteiger partial charge in [0.25, 0.3) is 0 Å². The van der Waals surface area contributed by atoms with E-state index < -0.39 is 0 Å². The van der Waals surface area contributed by atoms with Gasteiger partial charge in [-0.05, 0) is 36.4 Å². The van der Waals surface area contributed by atoms with Gasteiger partial charge in [0.2, 0.25) is 5.78 Å². The number of hydrogen-bond donors (Lipinski definition) is 0. The number of anilines is 1. The van der Waals surface area contributed by atoms with Crippen molar-refractivity contribution in [1.29, 1.82) is 0 Å². The zero-order valence-corrected chi connectivity index (χ0v) is 20.0. The number of methoxy groups -OCH3 is 3. The third-order valence-electron chi connectivity index (χ3n) is 5.11. The maximum Gasteiger partial charge on any atom is 0.307 e. The minimum Gasteiger partial charge on any atom is -0.494 e. The Morgan fingerprint density at radius 3 is 2.29 bits per heavy atom. The van der Waals surface area contributed by atoms with Gasteiger partial charge in [0.1, 0.15) is 17.1 Å². The van der Waals surface area contributed by atoms with E-state index in [-0.39, 0.29) is 47.1 Å². The van der Waals surface area contributed by atoms with Gasteiger partial charge in [-0.15, -0.1) is 0 Å². The summed E-state index contributed by atoms with van der Waals surface area (Å²) >= 11 is 0. The fourth-order valence-corrected chi connectivity index (χ4v) is 3.34. The second-order valence-electron chi connectivity index (χ2n) is 7.09. The van der Waals surface area contributed by atoms with E-state index in [0.717, 1.165) is 5.69 Å². The fraction of sp³-hybridized carbons (Fsp3) is 0.292. The summed E-state index contributed by atoms with van der Waals surface area (Å²) in [4.78, 5) is 46.1. The largest absolute Gasteiger partial charge is 0.494 e. The quantitative estimate of drug-likeness (QED) is 0.375. The normalized spacial score (nSPS) is 13.0. The summed E-state index contributed by atoms with van der Waals surface area (Å²) < 4.78 is 15.0. The third kappa shape index (κ3) is 6.51. The molecule has 1 heterocycles. The Kier molecular flexibility index (Phi) is 9.95. The number of pyridine rings is 1. The summed E-state index contributed by atoms with van der Waals surface area (Å²) in [6.45, 7) is 0.704. The van der Waals surface area contributed by atoms with Crippen LogP contribution in [0.2, 0.25) is 0 Å². The van der Waals surface area contributed by atoms with Crippen molar-refractivity contribution in [3.63, 3.8) is 0 Å². The van der Waals surface area contributed by atoms with E-state index in [0.29, 0.717) is 41.5 Å². The van der Waals surface area contributed by atoms with Crippen molar-refractivity contribution in [2.24, 2.45) is 4.99 Å². The number of hydrogen-bond acceptors (Lipinski definition) is 9. The van der Waals surface area contributed by atoms with Crippen LogP contribution in [-0.2, 0) is 35.6 Å². The molecule has 1 aliphatic rings. The number of fused-ring (bicyclic) bond motifs is 1. The molecule has 0 atom stereocenters. The summed E-state index contributed by atoms with van der Waals surface area (Å²) in [6, 6.07) is 8.95. The monoisotopic (exact) mass is 509 g/mol. The van der Waals surface area contributed by atoms with Crippen molar-refractivity contribution in [3.05, 3.63) is 59.9 Å². The molecule has 0 fully saturated rings. The molecule has 0 bridgehead atoms. The average Bonchev–Trinajstić information content (AvgIpc) is 2.85. The van der Waals surface area contributed by atoms with Gasteiger partial charge in [-0.2, -0.15) is 0 Å². The predicted molar refractivity (Wildman–Crippen MR) is 122 cm³/mol. The molecule has 0 saturated heterocycles. The van der Waals surface area contributed by atoms with Crippen LogP contribution in [0.1, 0.15) is 28.9 Å². The molecule has 0 N–H and O–H groups in total. The number of aromatic nitrogens is 1. The van der Waals surface area contributed by atoms with Crippen LogP contribution in [0.15, 0.2) is 53.7 Å². The molecule has 0 radical (unpaired) electrons. The summed E-state index contributed by atoms with van der Waals surface area (Å²) in [6.07, 6.45) is 4.98. The van der Waals surface area contributed by atoms with Crippen LogP contribution in [0.3, 0.4) is 0 Å². The van der Waals surface area contributed by atoms with E-state index in [2.05, 4.69) is 9.98 Å². The molecule has 1 aromatic heterocycles. The van der Waals surface area contributed by atoms with Crippen LogP contribution < -0.4 is 9.64 Å². The van der Waals surface area contributed by atoms with Crippen LogP contribution >= 0.6 is 0 Å². The maximum absolute atomic E-state index is 12.1. The molecule has 0 unspecified atom stereocenters. The topological polar surface area (TPSA) is 107 Å². The van der Waals surface area contributed by atoms with E-state index >= 15 is 0 Å². The molecule has 0 aliphatic heterocycles. The first kappa shape index (κ1) is 26.7. The zero-order chi connectivity index (χ0) is 23.8. The van der Waals surface area contributed by atoms with Crippen molar-refractivity contribution < 1.29 is 45.1 Å². The Balaban J connectivity index is 0.00000408. The van der Waals surface area contributed by atoms with Crippen molar-refractivity contribution in [3.8, 4) is 5.75 Å². The Bertz CT molecular complexity index is 1100. The fourth-order valence-electron chi connectivity index (χ4n) is 3.34. The van der Waals surface area contributed by atoms with Crippen molar-refractivity contribution in [2.75, 3.05) is 39.3 Å². The third-order valence-corrected chi connectivity index (χ3v) is 5.11. The van der Waals surface area contributed by atoms with Gasteiger partial charge in [0, 0.05) is 53.1 Å². The molecule has 1 aromatic carbocycles. The molecule has 34 heavy (non-hydrogen) atoms. The molecule has 1 aliphatic carbocycles. The van der Waals surface area contributed by atoms with Gasteiger partial charge < -0.3 is 19.1 Å². The van der Waals surface area contributed by atoms with E-state index in [1.807, 2.05) is 11.0 Å². The van der Waals surface area contributed by atoms with Gasteiger partial charge in [0.15, 0.2) is 0 Å². The standard InChI is InChI=1S/C24H25N3O6.Ni/c1-31-21-15-16(27(13-10-22(29)32-2)14-11-23(30)33-3)6-7-19(21)26-18-8-9-20(28)24-17(18)5-4-12-25-24;/h4-9,12,15H,10-11,13-14H2,1-3H3;. The number of carbonyl (C=O) groups excluding carboxylic acids is 3. The van der Waals surface area contributed by atoms with Crippen LogP contribution in [-0.4, -0.2) is 62.8 Å². The number of nitrogens with zero attached hydrogens (tertiary/aromatic N) is 3. The molecule has 3 rings (SSSR count). The van der Waals surface area contributed by atoms with E-state index in [4.69, 9.17) is 14.2 Å². The second kappa shape index (κ2) is 12.7. The minimum absolute atomic E-state index is 0. The first-order valence-electron chi connectivity index (χ1n) is 10.3. The first-order chi connectivity index (χ1) is 16.0. The number of carbonyl (C=O) groups is 3. The SMILES string of the molecule is COC(=O)CCN(CCC(=O)OC)c1ccc(N=C2C=CC(=O)c3ncccc32)c(OC)c1.[Ni]. The van der Waals surface area contributed by atoms with Crippen LogP contribution in [0.4, 0.5) is 11.4 Å². The van der Waals surface area contributed by atoms with Crippen molar-refractivity contribution >= 4 is 34.8 Å². The van der Waals surface area contributed by atoms with E-state index in [1.54, 1.807) is 36.5 Å². The molecule has 0 saturated carbocycles. The van der Waals surface area contributed by atoms with Crippen LogP contribution in [0.5, 0.6) is 5.75 Å². The van der Waals surface area contributed by atoms with Crippen molar-refractivity contribution in [1.82, 2.24) is 4.98 Å². The molecule has 182 valence electrons. The number of esters is 2. The molecular formula is C24H25N3NiO6. The Morgan fingerprint density at radius 2 is 1.68 bits per heavy atom. The van der Waals surface area contributed by atoms with Gasteiger partial charge in [0.05, 0.1) is 39.9 Å². The number of ketones is 1. The summed E-state index contributed by atoms with van der Waals surface area (Å²) in [5.74, 6) is -0.367. The van der Waals surface area contributed by atoms with Gasteiger partial charge in [-0.1, -0.05) is 0 Å². The smallest absolute Gasteiger partial charge is 0.307 e. The summed E-state index contributed by atoms with van der Waals surface area (Å²) in [5.41, 5.74) is 2.91. The number of allylic oxidation sites excluding steroid dienone is 2. The van der Waals surface area contributed by atoms with E-state index in [9.17, 15) is 14.4 Å². The average molecular weight is 510 g/mol. The Morgan fingerprint density at radius 1 is 1.00 bits per heavy atom. The van der Waals surface area contributed by atoms with Gasteiger partial charge >= 0.3 is 11.9 Å². The Labute approximate surface area is 207 Å². The first-order valence-corrected chi connectivity index (χ1v) is 10.3. The summed E-state index contributed by atoms with van der Waals surface area (Å²) in [7, 11) is 4.20. The molecule has 0 amide bonds. The van der Waals surface area contributed by atoms with Crippen LogP contribution in [0.25, 0.3) is 0 Å². The van der Waals surface area contributed by atoms with Crippen LogP contribution in [0, 0.1) is 0 Å². The second-order valence-corrected chi connectivity index (χ2v) is 7.09. The zero-order valence-electron chi connectivity index (χ0n) is 19.1. The van der Waals surface area contributed by atoms with Gasteiger partial charge in [-0.3, -0.25) is 19.4 Å². The Hall–Kier alpha value is -3.52. The predicted octanol–water partition coefficient (Wildman–Crippen LogP) is 2.89.